The molecule has 0 aliphatic rings. The molecule has 0 aliphatic heterocycles. The molecule has 0 rings (SSSR count). The molecular formula is C11H24N2O. The molecule has 0 aliphatic carbocycles. The van der Waals surface area contributed by atoms with Crippen LogP contribution in [-0.4, -0.2) is 25.5 Å². The first-order valence-electron chi connectivity index (χ1n) is 5.43. The van der Waals surface area contributed by atoms with Crippen LogP contribution in [-0.2, 0) is 4.79 Å². The number of carbonyl (C=O) groups excluding carboxylic acids is 1. The number of nitrogens with one attached hydrogen (secondary N) is 2. The van der Waals surface area contributed by atoms with Gasteiger partial charge >= 0.3 is 0 Å². The fourth-order valence-electron chi connectivity index (χ4n) is 1.07. The molecule has 0 spiro atoms. The molecule has 0 fully saturated rings. The van der Waals surface area contributed by atoms with Crippen LogP contribution in [0.1, 0.15) is 40.5 Å². The van der Waals surface area contributed by atoms with Gasteiger partial charge in [0, 0.05) is 26.1 Å². The number of carbonyl (C=O) groups is 1. The number of hydrogen-bond acceptors (Lipinski definition) is 2. The smallest absolute Gasteiger partial charge is 0.220 e. The zero-order chi connectivity index (χ0) is 11.0. The largest absolute Gasteiger partial charge is 0.355 e. The lowest BCUT2D eigenvalue weighted by Crippen LogP contribution is -2.35. The summed E-state index contributed by atoms with van der Waals surface area (Å²) in [6.07, 6.45) is 1.56. The topological polar surface area (TPSA) is 41.1 Å². The van der Waals surface area contributed by atoms with Crippen LogP contribution in [0.25, 0.3) is 0 Å². The highest BCUT2D eigenvalue weighted by molar-refractivity contribution is 5.75. The van der Waals surface area contributed by atoms with Crippen molar-refractivity contribution in [3.05, 3.63) is 0 Å². The van der Waals surface area contributed by atoms with Crippen molar-refractivity contribution in [2.45, 2.75) is 40.5 Å². The molecular weight excluding hydrogens is 176 g/mol. The lowest BCUT2D eigenvalue weighted by Gasteiger charge is -2.18. The van der Waals surface area contributed by atoms with Crippen molar-refractivity contribution in [2.75, 3.05) is 19.6 Å². The van der Waals surface area contributed by atoms with Crippen LogP contribution < -0.4 is 10.6 Å². The van der Waals surface area contributed by atoms with Crippen molar-refractivity contribution in [2.24, 2.45) is 5.41 Å². The molecule has 3 nitrogen and oxygen atoms in total. The minimum Gasteiger partial charge on any atom is -0.355 e. The van der Waals surface area contributed by atoms with E-state index in [9.17, 15) is 4.79 Å². The second-order valence-electron chi connectivity index (χ2n) is 4.84. The van der Waals surface area contributed by atoms with Gasteiger partial charge in [0.2, 0.25) is 5.91 Å². The Labute approximate surface area is 87.6 Å². The number of rotatable bonds is 6. The Balaban J connectivity index is 3.26. The van der Waals surface area contributed by atoms with Gasteiger partial charge in [-0.3, -0.25) is 4.79 Å². The van der Waals surface area contributed by atoms with Gasteiger partial charge in [0.25, 0.3) is 0 Å². The van der Waals surface area contributed by atoms with Crippen LogP contribution in [0, 0.1) is 5.41 Å². The van der Waals surface area contributed by atoms with E-state index in [1.165, 1.54) is 0 Å². The van der Waals surface area contributed by atoms with Gasteiger partial charge in [0.05, 0.1) is 0 Å². The molecule has 0 aromatic heterocycles. The average Bonchev–Trinajstić information content (AvgIpc) is 2.02. The molecule has 1 amide bonds. The second kappa shape index (κ2) is 6.82. The molecule has 0 unspecified atom stereocenters. The van der Waals surface area contributed by atoms with Gasteiger partial charge in [-0.15, -0.1) is 0 Å². The summed E-state index contributed by atoms with van der Waals surface area (Å²) in [7, 11) is 0. The highest BCUT2D eigenvalue weighted by Crippen LogP contribution is 2.09. The summed E-state index contributed by atoms with van der Waals surface area (Å²) >= 11 is 0. The molecule has 84 valence electrons. The maximum atomic E-state index is 11.1. The van der Waals surface area contributed by atoms with Crippen molar-refractivity contribution in [1.29, 1.82) is 0 Å². The van der Waals surface area contributed by atoms with E-state index in [2.05, 4.69) is 31.4 Å². The Morgan fingerprint density at radius 3 is 2.36 bits per heavy atom. The van der Waals surface area contributed by atoms with E-state index in [4.69, 9.17) is 0 Å². The Hall–Kier alpha value is -0.570. The minimum absolute atomic E-state index is 0.157. The SMILES string of the molecule is CCCC(=O)NCCNCC(C)(C)C. The lowest BCUT2D eigenvalue weighted by molar-refractivity contribution is -0.121. The zero-order valence-corrected chi connectivity index (χ0v) is 9.94. The third-order valence-corrected chi connectivity index (χ3v) is 1.76. The molecule has 2 N–H and O–H groups in total. The quantitative estimate of drug-likeness (QED) is 0.639. The van der Waals surface area contributed by atoms with E-state index in [1.807, 2.05) is 6.92 Å². The van der Waals surface area contributed by atoms with Crippen LogP contribution in [0.2, 0.25) is 0 Å². The molecule has 3 heteroatoms. The van der Waals surface area contributed by atoms with Crippen LogP contribution >= 0.6 is 0 Å². The van der Waals surface area contributed by atoms with Gasteiger partial charge in [-0.1, -0.05) is 27.7 Å². The highest BCUT2D eigenvalue weighted by atomic mass is 16.1. The maximum absolute atomic E-state index is 11.1. The van der Waals surface area contributed by atoms with Crippen LogP contribution in [0.3, 0.4) is 0 Å². The first kappa shape index (κ1) is 13.4. The van der Waals surface area contributed by atoms with Gasteiger partial charge < -0.3 is 10.6 Å². The van der Waals surface area contributed by atoms with Gasteiger partial charge in [-0.2, -0.15) is 0 Å². The fraction of sp³-hybridized carbons (Fsp3) is 0.909. The molecule has 0 saturated heterocycles. The second-order valence-corrected chi connectivity index (χ2v) is 4.84. The van der Waals surface area contributed by atoms with Crippen molar-refractivity contribution in [3.63, 3.8) is 0 Å². The van der Waals surface area contributed by atoms with Crippen molar-refractivity contribution in [1.82, 2.24) is 10.6 Å². The predicted molar refractivity (Wildman–Crippen MR) is 60.2 cm³/mol. The van der Waals surface area contributed by atoms with E-state index >= 15 is 0 Å². The molecule has 0 atom stereocenters. The summed E-state index contributed by atoms with van der Waals surface area (Å²) in [4.78, 5) is 11.1. The normalized spacial score (nSPS) is 11.4. The molecule has 0 radical (unpaired) electrons. The molecule has 0 bridgehead atoms. The highest BCUT2D eigenvalue weighted by Gasteiger charge is 2.08. The third kappa shape index (κ3) is 9.52. The first-order chi connectivity index (χ1) is 6.45. The Morgan fingerprint density at radius 1 is 1.21 bits per heavy atom. The number of hydrogen-bond donors (Lipinski definition) is 2. The average molecular weight is 200 g/mol. The van der Waals surface area contributed by atoms with Gasteiger partial charge in [0.15, 0.2) is 0 Å². The van der Waals surface area contributed by atoms with Crippen LogP contribution in [0.15, 0.2) is 0 Å². The van der Waals surface area contributed by atoms with Crippen molar-refractivity contribution in [3.8, 4) is 0 Å². The van der Waals surface area contributed by atoms with E-state index in [-0.39, 0.29) is 5.91 Å². The minimum atomic E-state index is 0.157. The van der Waals surface area contributed by atoms with Gasteiger partial charge in [-0.25, -0.2) is 0 Å². The molecule has 0 aromatic carbocycles. The third-order valence-electron chi connectivity index (χ3n) is 1.76. The van der Waals surface area contributed by atoms with E-state index in [1.54, 1.807) is 0 Å². The molecule has 14 heavy (non-hydrogen) atoms. The number of amides is 1. The zero-order valence-electron chi connectivity index (χ0n) is 9.94. The fourth-order valence-corrected chi connectivity index (χ4v) is 1.07. The summed E-state index contributed by atoms with van der Waals surface area (Å²) in [5.41, 5.74) is 0.313. The monoisotopic (exact) mass is 200 g/mol. The van der Waals surface area contributed by atoms with Gasteiger partial charge in [0.1, 0.15) is 0 Å². The Bertz CT molecular complexity index is 161. The van der Waals surface area contributed by atoms with E-state index < -0.39 is 0 Å². The van der Waals surface area contributed by atoms with E-state index in [0.717, 1.165) is 26.1 Å². The molecule has 0 heterocycles. The summed E-state index contributed by atoms with van der Waals surface area (Å²) in [6, 6.07) is 0. The van der Waals surface area contributed by atoms with Crippen molar-refractivity contribution < 1.29 is 4.79 Å². The Morgan fingerprint density at radius 2 is 1.86 bits per heavy atom. The molecule has 0 aromatic rings. The summed E-state index contributed by atoms with van der Waals surface area (Å²) in [6.45, 7) is 11.1. The standard InChI is InChI=1S/C11H24N2O/c1-5-6-10(14)13-8-7-12-9-11(2,3)4/h12H,5-9H2,1-4H3,(H,13,14). The summed E-state index contributed by atoms with van der Waals surface area (Å²) in [5, 5.41) is 6.18. The summed E-state index contributed by atoms with van der Waals surface area (Å²) < 4.78 is 0. The van der Waals surface area contributed by atoms with Crippen molar-refractivity contribution >= 4 is 5.91 Å². The molecule has 0 saturated carbocycles. The van der Waals surface area contributed by atoms with E-state index in [0.29, 0.717) is 11.8 Å². The summed E-state index contributed by atoms with van der Waals surface area (Å²) in [5.74, 6) is 0.157. The lowest BCUT2D eigenvalue weighted by atomic mass is 9.97. The maximum Gasteiger partial charge on any atom is 0.220 e. The predicted octanol–water partition coefficient (Wildman–Crippen LogP) is 1.54. The van der Waals surface area contributed by atoms with Crippen LogP contribution in [0.4, 0.5) is 0 Å². The first-order valence-corrected chi connectivity index (χ1v) is 5.43. The van der Waals surface area contributed by atoms with Gasteiger partial charge in [-0.05, 0) is 11.8 Å². The van der Waals surface area contributed by atoms with Crippen LogP contribution in [0.5, 0.6) is 0 Å². The Kier molecular flexibility index (Phi) is 6.54.